The number of hydrogen-bond donors (Lipinski definition) is 1. The van der Waals surface area contributed by atoms with Crippen LogP contribution in [0.3, 0.4) is 0 Å². The number of aromatic nitrogens is 2. The molecule has 37 heavy (non-hydrogen) atoms. The fourth-order valence-corrected chi connectivity index (χ4v) is 5.87. The summed E-state index contributed by atoms with van der Waals surface area (Å²) in [5, 5.41) is 9.72. The quantitative estimate of drug-likeness (QED) is 0.410. The maximum atomic E-state index is 13.3. The van der Waals surface area contributed by atoms with Crippen LogP contribution in [0.5, 0.6) is 5.88 Å². The van der Waals surface area contributed by atoms with Crippen LogP contribution < -0.4 is 10.1 Å². The van der Waals surface area contributed by atoms with Crippen LogP contribution in [0.25, 0.3) is 10.3 Å². The van der Waals surface area contributed by atoms with Gasteiger partial charge in [0, 0.05) is 37.5 Å². The molecule has 196 valence electrons. The summed E-state index contributed by atoms with van der Waals surface area (Å²) in [6.07, 6.45) is 5.67. The zero-order chi connectivity index (χ0) is 25.8. The summed E-state index contributed by atoms with van der Waals surface area (Å²) >= 11 is 1.27. The molecule has 2 fully saturated rings. The van der Waals surface area contributed by atoms with Gasteiger partial charge in [-0.2, -0.15) is 5.10 Å². The van der Waals surface area contributed by atoms with Crippen LogP contribution >= 0.6 is 11.3 Å². The van der Waals surface area contributed by atoms with Gasteiger partial charge in [-0.05, 0) is 57.0 Å². The number of nitrogens with zero attached hydrogens (tertiary/aromatic N) is 5. The van der Waals surface area contributed by atoms with Crippen LogP contribution in [-0.4, -0.2) is 85.5 Å². The molecule has 1 amide bonds. The van der Waals surface area contributed by atoms with Crippen molar-refractivity contribution in [1.82, 2.24) is 19.9 Å². The first-order valence-corrected chi connectivity index (χ1v) is 15.1. The Labute approximate surface area is 220 Å². The molecule has 0 spiro atoms. The fourth-order valence-electron chi connectivity index (χ4n) is 4.41. The molecule has 1 N–H and O–H groups in total. The highest BCUT2D eigenvalue weighted by Gasteiger charge is 2.21. The average molecular weight is 543 g/mol. The van der Waals surface area contributed by atoms with E-state index in [4.69, 9.17) is 4.74 Å². The van der Waals surface area contributed by atoms with Gasteiger partial charge < -0.3 is 4.74 Å². The molecule has 2 aromatic heterocycles. The highest BCUT2D eigenvalue weighted by atomic mass is 32.2. The molecular weight excluding hydrogens is 512 g/mol. The normalized spacial score (nSPS) is 17.0. The highest BCUT2D eigenvalue weighted by molar-refractivity contribution is 7.90. The number of ether oxygens (including phenoxy) is 1. The molecular formula is C25H30N6O4S2. The van der Waals surface area contributed by atoms with E-state index in [0.29, 0.717) is 33.5 Å². The SMILES string of the molecule is CS(=O)(=O)c1ccc(/C(=N/N2CCCC2)C(=O)Nc2nc3ccc(OCCN4CCCC4)nc3s2)cc1. The topological polar surface area (TPSA) is 117 Å². The number of carbonyl (C=O) groups is 1. The predicted octanol–water partition coefficient (Wildman–Crippen LogP) is 3.01. The molecule has 12 heteroatoms. The van der Waals surface area contributed by atoms with E-state index in [1.165, 1.54) is 36.3 Å². The Morgan fingerprint density at radius 3 is 2.43 bits per heavy atom. The van der Waals surface area contributed by atoms with Crippen LogP contribution in [0, 0.1) is 0 Å². The van der Waals surface area contributed by atoms with Crippen molar-refractivity contribution in [3.8, 4) is 5.88 Å². The third-order valence-electron chi connectivity index (χ3n) is 6.40. The zero-order valence-electron chi connectivity index (χ0n) is 20.7. The number of nitrogens with one attached hydrogen (secondary N) is 1. The van der Waals surface area contributed by atoms with Gasteiger partial charge in [0.2, 0.25) is 5.88 Å². The van der Waals surface area contributed by atoms with Crippen molar-refractivity contribution in [1.29, 1.82) is 0 Å². The molecule has 0 bridgehead atoms. The van der Waals surface area contributed by atoms with Gasteiger partial charge in [-0.3, -0.25) is 20.0 Å². The van der Waals surface area contributed by atoms with Crippen molar-refractivity contribution in [2.24, 2.45) is 5.10 Å². The van der Waals surface area contributed by atoms with E-state index in [0.717, 1.165) is 51.8 Å². The lowest BCUT2D eigenvalue weighted by Crippen LogP contribution is -2.27. The smallest absolute Gasteiger partial charge is 0.278 e. The number of fused-ring (bicyclic) bond motifs is 1. The second-order valence-electron chi connectivity index (χ2n) is 9.25. The van der Waals surface area contributed by atoms with Crippen LogP contribution in [0.4, 0.5) is 5.13 Å². The molecule has 0 unspecified atom stereocenters. The second kappa shape index (κ2) is 11.1. The highest BCUT2D eigenvalue weighted by Crippen LogP contribution is 2.27. The number of thiazole rings is 1. The van der Waals surface area contributed by atoms with Gasteiger partial charge in [0.1, 0.15) is 17.0 Å². The minimum Gasteiger partial charge on any atom is -0.476 e. The molecule has 2 saturated heterocycles. The maximum Gasteiger partial charge on any atom is 0.278 e. The van der Waals surface area contributed by atoms with E-state index in [2.05, 4.69) is 25.3 Å². The van der Waals surface area contributed by atoms with Gasteiger partial charge >= 0.3 is 0 Å². The van der Waals surface area contributed by atoms with E-state index in [1.54, 1.807) is 18.2 Å². The summed E-state index contributed by atoms with van der Waals surface area (Å²) in [7, 11) is -3.34. The predicted molar refractivity (Wildman–Crippen MR) is 144 cm³/mol. The first-order chi connectivity index (χ1) is 17.8. The second-order valence-corrected chi connectivity index (χ2v) is 12.2. The number of hydrogen-bond acceptors (Lipinski definition) is 10. The lowest BCUT2D eigenvalue weighted by atomic mass is 10.1. The number of amides is 1. The standard InChI is InChI=1S/C25H30N6O4S2/c1-37(33,34)19-8-6-18(7-9-19)22(29-31-14-4-5-15-31)23(32)28-25-26-20-10-11-21(27-24(20)36-25)35-17-16-30-12-2-3-13-30/h6-11H,2-5,12-17H2,1H3,(H,26,28,32)/b29-22-. The van der Waals surface area contributed by atoms with Crippen molar-refractivity contribution in [3.63, 3.8) is 0 Å². The lowest BCUT2D eigenvalue weighted by molar-refractivity contribution is -0.110. The number of rotatable bonds is 9. The van der Waals surface area contributed by atoms with E-state index < -0.39 is 15.7 Å². The number of benzene rings is 1. The van der Waals surface area contributed by atoms with Gasteiger partial charge in [-0.1, -0.05) is 23.5 Å². The van der Waals surface area contributed by atoms with Crippen molar-refractivity contribution in [2.75, 3.05) is 50.9 Å². The fraction of sp³-hybridized carbons (Fsp3) is 0.440. The molecule has 4 heterocycles. The number of likely N-dealkylation sites (tertiary alicyclic amines) is 1. The first-order valence-electron chi connectivity index (χ1n) is 12.4. The minimum atomic E-state index is -3.34. The van der Waals surface area contributed by atoms with Gasteiger partial charge in [-0.25, -0.2) is 18.4 Å². The van der Waals surface area contributed by atoms with E-state index in [1.807, 2.05) is 11.1 Å². The van der Waals surface area contributed by atoms with Gasteiger partial charge in [-0.15, -0.1) is 0 Å². The van der Waals surface area contributed by atoms with Crippen molar-refractivity contribution >= 4 is 48.3 Å². The molecule has 5 rings (SSSR count). The number of hydrazone groups is 1. The van der Waals surface area contributed by atoms with Gasteiger partial charge in [0.15, 0.2) is 20.7 Å². The summed E-state index contributed by atoms with van der Waals surface area (Å²) in [5.41, 5.74) is 1.41. The molecule has 2 aliphatic heterocycles. The van der Waals surface area contributed by atoms with Crippen LogP contribution in [0.15, 0.2) is 46.4 Å². The molecule has 3 aromatic rings. The Bertz CT molecular complexity index is 1390. The largest absolute Gasteiger partial charge is 0.476 e. The first kappa shape index (κ1) is 25.6. The lowest BCUT2D eigenvalue weighted by Gasteiger charge is -2.14. The molecule has 10 nitrogen and oxygen atoms in total. The monoisotopic (exact) mass is 542 g/mol. The average Bonchev–Trinajstić information content (AvgIpc) is 3.64. The Hall–Kier alpha value is -3.09. The number of carbonyl (C=O) groups excluding carboxylic acids is 1. The maximum absolute atomic E-state index is 13.3. The van der Waals surface area contributed by atoms with E-state index in [-0.39, 0.29) is 10.6 Å². The van der Waals surface area contributed by atoms with Gasteiger partial charge in [0.25, 0.3) is 5.91 Å². The Kier molecular flexibility index (Phi) is 7.68. The summed E-state index contributed by atoms with van der Waals surface area (Å²) in [6.45, 7) is 5.24. The van der Waals surface area contributed by atoms with E-state index in [9.17, 15) is 13.2 Å². The van der Waals surface area contributed by atoms with E-state index >= 15 is 0 Å². The van der Waals surface area contributed by atoms with Gasteiger partial charge in [0.05, 0.1) is 4.90 Å². The third kappa shape index (κ3) is 6.43. The van der Waals surface area contributed by atoms with Crippen molar-refractivity contribution in [3.05, 3.63) is 42.0 Å². The summed E-state index contributed by atoms with van der Waals surface area (Å²) in [4.78, 5) is 25.6. The molecule has 0 aliphatic carbocycles. The minimum absolute atomic E-state index is 0.188. The number of sulfone groups is 1. The van der Waals surface area contributed by atoms with Crippen LogP contribution in [0.2, 0.25) is 0 Å². The molecule has 0 radical (unpaired) electrons. The third-order valence-corrected chi connectivity index (χ3v) is 8.41. The van der Waals surface area contributed by atoms with Crippen molar-refractivity contribution < 1.29 is 17.9 Å². The Morgan fingerprint density at radius 2 is 1.73 bits per heavy atom. The Balaban J connectivity index is 1.31. The zero-order valence-corrected chi connectivity index (χ0v) is 22.4. The number of pyridine rings is 1. The molecule has 2 aliphatic rings. The summed E-state index contributed by atoms with van der Waals surface area (Å²) in [6, 6.07) is 9.83. The molecule has 0 saturated carbocycles. The van der Waals surface area contributed by atoms with Crippen LogP contribution in [0.1, 0.15) is 31.2 Å². The Morgan fingerprint density at radius 1 is 1.03 bits per heavy atom. The summed E-state index contributed by atoms with van der Waals surface area (Å²) < 4.78 is 29.5. The van der Waals surface area contributed by atoms with Crippen LogP contribution in [-0.2, 0) is 14.6 Å². The summed E-state index contributed by atoms with van der Waals surface area (Å²) in [5.74, 6) is 0.121. The van der Waals surface area contributed by atoms with Crippen molar-refractivity contribution in [2.45, 2.75) is 30.6 Å². The molecule has 0 atom stereocenters. The number of anilines is 1. The molecule has 1 aromatic carbocycles.